The second-order valence-corrected chi connectivity index (χ2v) is 7.11. The quantitative estimate of drug-likeness (QED) is 0.685. The fourth-order valence-corrected chi connectivity index (χ4v) is 3.35. The number of hydrogen-bond donors (Lipinski definition) is 1. The van der Waals surface area contributed by atoms with Crippen LogP contribution in [0.5, 0.6) is 5.75 Å². The first-order valence-corrected chi connectivity index (χ1v) is 9.86. The number of aryl methyl sites for hydroxylation is 1. The normalized spacial score (nSPS) is 13.3. The van der Waals surface area contributed by atoms with Crippen molar-refractivity contribution < 1.29 is 9.53 Å². The number of amides is 1. The highest BCUT2D eigenvalue weighted by Gasteiger charge is 2.17. The largest absolute Gasteiger partial charge is 0.489 e. The van der Waals surface area contributed by atoms with E-state index in [2.05, 4.69) is 20.2 Å². The molecule has 0 atom stereocenters. The van der Waals surface area contributed by atoms with Crippen molar-refractivity contribution in [3.63, 3.8) is 0 Å². The van der Waals surface area contributed by atoms with Crippen LogP contribution in [0.2, 0.25) is 0 Å². The second-order valence-electron chi connectivity index (χ2n) is 7.11. The van der Waals surface area contributed by atoms with Crippen molar-refractivity contribution in [2.45, 2.75) is 26.4 Å². The SMILES string of the molecule is Cc1nc(C(=O)Nc2ccc(OCc3ccccc3)cc2)cc(N2CCCC2)n1. The van der Waals surface area contributed by atoms with Gasteiger partial charge in [-0.3, -0.25) is 4.79 Å². The maximum atomic E-state index is 12.7. The number of aromatic nitrogens is 2. The van der Waals surface area contributed by atoms with Crippen LogP contribution in [-0.2, 0) is 6.61 Å². The molecule has 2 aromatic carbocycles. The molecule has 3 aromatic rings. The molecule has 1 N–H and O–H groups in total. The van der Waals surface area contributed by atoms with Gasteiger partial charge in [0.05, 0.1) is 0 Å². The van der Waals surface area contributed by atoms with E-state index in [0.29, 0.717) is 23.8 Å². The average Bonchev–Trinajstić information content (AvgIpc) is 3.29. The van der Waals surface area contributed by atoms with Gasteiger partial charge in [-0.25, -0.2) is 9.97 Å². The predicted octanol–water partition coefficient (Wildman–Crippen LogP) is 4.22. The Hall–Kier alpha value is -3.41. The van der Waals surface area contributed by atoms with Crippen LogP contribution < -0.4 is 15.0 Å². The first-order valence-electron chi connectivity index (χ1n) is 9.86. The van der Waals surface area contributed by atoms with E-state index >= 15 is 0 Å². The van der Waals surface area contributed by atoms with E-state index in [0.717, 1.165) is 43.1 Å². The summed E-state index contributed by atoms with van der Waals surface area (Å²) in [6.45, 7) is 4.27. The molecule has 4 rings (SSSR count). The number of carbonyl (C=O) groups is 1. The van der Waals surface area contributed by atoms with Gasteiger partial charge in [-0.05, 0) is 49.6 Å². The number of nitrogens with one attached hydrogen (secondary N) is 1. The molecule has 0 spiro atoms. The Kier molecular flexibility index (Phi) is 5.70. The Balaban J connectivity index is 1.39. The van der Waals surface area contributed by atoms with Gasteiger partial charge in [0.2, 0.25) is 0 Å². The Bertz CT molecular complexity index is 968. The fraction of sp³-hybridized carbons (Fsp3) is 0.261. The van der Waals surface area contributed by atoms with Crippen LogP contribution in [0, 0.1) is 6.92 Å². The molecule has 0 aliphatic carbocycles. The molecule has 0 unspecified atom stereocenters. The van der Waals surface area contributed by atoms with E-state index in [-0.39, 0.29) is 5.91 Å². The van der Waals surface area contributed by atoms with Gasteiger partial charge in [0, 0.05) is 24.8 Å². The van der Waals surface area contributed by atoms with Gasteiger partial charge >= 0.3 is 0 Å². The van der Waals surface area contributed by atoms with E-state index in [9.17, 15) is 4.79 Å². The first kappa shape index (κ1) is 18.9. The van der Waals surface area contributed by atoms with Gasteiger partial charge in [-0.15, -0.1) is 0 Å². The summed E-state index contributed by atoms with van der Waals surface area (Å²) in [5.74, 6) is 1.93. The van der Waals surface area contributed by atoms with Crippen molar-refractivity contribution in [3.05, 3.63) is 77.7 Å². The molecule has 1 aliphatic heterocycles. The zero-order valence-electron chi connectivity index (χ0n) is 16.5. The average molecular weight is 388 g/mol. The van der Waals surface area contributed by atoms with Gasteiger partial charge in [-0.1, -0.05) is 30.3 Å². The van der Waals surface area contributed by atoms with E-state index < -0.39 is 0 Å². The molecule has 1 saturated heterocycles. The van der Waals surface area contributed by atoms with Crippen molar-refractivity contribution in [2.24, 2.45) is 0 Å². The Morgan fingerprint density at radius 2 is 1.76 bits per heavy atom. The predicted molar refractivity (Wildman–Crippen MR) is 113 cm³/mol. The highest BCUT2D eigenvalue weighted by atomic mass is 16.5. The van der Waals surface area contributed by atoms with E-state index in [1.54, 1.807) is 6.07 Å². The van der Waals surface area contributed by atoms with Crippen molar-refractivity contribution in [2.75, 3.05) is 23.3 Å². The fourth-order valence-electron chi connectivity index (χ4n) is 3.35. The first-order chi connectivity index (χ1) is 14.2. The van der Waals surface area contributed by atoms with Crippen molar-refractivity contribution >= 4 is 17.4 Å². The number of rotatable bonds is 6. The monoisotopic (exact) mass is 388 g/mol. The third kappa shape index (κ3) is 4.90. The minimum atomic E-state index is -0.242. The molecule has 1 aliphatic rings. The summed E-state index contributed by atoms with van der Waals surface area (Å²) in [6.07, 6.45) is 2.31. The Labute approximate surface area is 170 Å². The lowest BCUT2D eigenvalue weighted by atomic mass is 10.2. The Morgan fingerprint density at radius 3 is 2.48 bits per heavy atom. The van der Waals surface area contributed by atoms with Crippen molar-refractivity contribution in [1.29, 1.82) is 0 Å². The Morgan fingerprint density at radius 1 is 1.03 bits per heavy atom. The summed E-state index contributed by atoms with van der Waals surface area (Å²) in [5.41, 5.74) is 2.18. The van der Waals surface area contributed by atoms with Crippen LogP contribution in [0.25, 0.3) is 0 Å². The number of benzene rings is 2. The zero-order chi connectivity index (χ0) is 20.1. The number of nitrogens with zero attached hydrogens (tertiary/aromatic N) is 3. The topological polar surface area (TPSA) is 67.3 Å². The van der Waals surface area contributed by atoms with Gasteiger partial charge in [0.1, 0.15) is 29.7 Å². The van der Waals surface area contributed by atoms with Crippen LogP contribution in [0.1, 0.15) is 34.7 Å². The molecule has 6 heteroatoms. The minimum absolute atomic E-state index is 0.242. The van der Waals surface area contributed by atoms with Gasteiger partial charge in [0.25, 0.3) is 5.91 Å². The van der Waals surface area contributed by atoms with Crippen LogP contribution in [0.4, 0.5) is 11.5 Å². The van der Waals surface area contributed by atoms with Gasteiger partial charge in [-0.2, -0.15) is 0 Å². The summed E-state index contributed by atoms with van der Waals surface area (Å²) in [5, 5.41) is 2.90. The minimum Gasteiger partial charge on any atom is -0.489 e. The molecular weight excluding hydrogens is 364 g/mol. The van der Waals surface area contributed by atoms with Gasteiger partial charge in [0.15, 0.2) is 0 Å². The molecule has 0 radical (unpaired) electrons. The number of hydrogen-bond acceptors (Lipinski definition) is 5. The molecule has 0 saturated carbocycles. The lowest BCUT2D eigenvalue weighted by Crippen LogP contribution is -2.22. The van der Waals surface area contributed by atoms with E-state index in [4.69, 9.17) is 4.74 Å². The standard InChI is InChI=1S/C23H24N4O2/c1-17-24-21(15-22(25-17)27-13-5-6-14-27)23(28)26-19-9-11-20(12-10-19)29-16-18-7-3-2-4-8-18/h2-4,7-12,15H,5-6,13-14,16H2,1H3,(H,26,28). The van der Waals surface area contributed by atoms with Crippen LogP contribution >= 0.6 is 0 Å². The second kappa shape index (κ2) is 8.73. The summed E-state index contributed by atoms with van der Waals surface area (Å²) in [6, 6.07) is 19.1. The third-order valence-corrected chi connectivity index (χ3v) is 4.85. The highest BCUT2D eigenvalue weighted by Crippen LogP contribution is 2.20. The van der Waals surface area contributed by atoms with Crippen LogP contribution in [0.15, 0.2) is 60.7 Å². The summed E-state index contributed by atoms with van der Waals surface area (Å²) >= 11 is 0. The lowest BCUT2D eigenvalue weighted by Gasteiger charge is -2.17. The van der Waals surface area contributed by atoms with E-state index in [1.165, 1.54) is 0 Å². The molecule has 29 heavy (non-hydrogen) atoms. The smallest absolute Gasteiger partial charge is 0.274 e. The molecule has 1 aromatic heterocycles. The highest BCUT2D eigenvalue weighted by molar-refractivity contribution is 6.03. The number of carbonyl (C=O) groups excluding carboxylic acids is 1. The molecule has 6 nitrogen and oxygen atoms in total. The van der Waals surface area contributed by atoms with Crippen LogP contribution in [-0.4, -0.2) is 29.0 Å². The van der Waals surface area contributed by atoms with Crippen molar-refractivity contribution in [3.8, 4) is 5.75 Å². The summed E-state index contributed by atoms with van der Waals surface area (Å²) in [7, 11) is 0. The number of anilines is 2. The maximum absolute atomic E-state index is 12.7. The molecule has 1 amide bonds. The molecule has 1 fully saturated rings. The molecule has 0 bridgehead atoms. The molecule has 2 heterocycles. The molecule has 148 valence electrons. The van der Waals surface area contributed by atoms with Crippen molar-refractivity contribution in [1.82, 2.24) is 9.97 Å². The summed E-state index contributed by atoms with van der Waals surface area (Å²) < 4.78 is 5.79. The third-order valence-electron chi connectivity index (χ3n) is 4.85. The van der Waals surface area contributed by atoms with E-state index in [1.807, 2.05) is 61.5 Å². The maximum Gasteiger partial charge on any atom is 0.274 e. The summed E-state index contributed by atoms with van der Waals surface area (Å²) in [4.78, 5) is 23.7. The van der Waals surface area contributed by atoms with Gasteiger partial charge < -0.3 is 15.0 Å². The zero-order valence-corrected chi connectivity index (χ0v) is 16.5. The van der Waals surface area contributed by atoms with Crippen LogP contribution in [0.3, 0.4) is 0 Å². The molecular formula is C23H24N4O2. The number of ether oxygens (including phenoxy) is 1. The lowest BCUT2D eigenvalue weighted by molar-refractivity contribution is 0.102.